The Morgan fingerprint density at radius 3 is 2.38 bits per heavy atom. The molecule has 3 rings (SSSR count). The lowest BCUT2D eigenvalue weighted by Gasteiger charge is -2.22. The Morgan fingerprint density at radius 2 is 1.77 bits per heavy atom. The summed E-state index contributed by atoms with van der Waals surface area (Å²) in [6, 6.07) is 17.8. The number of benzene rings is 2. The number of hydrogen-bond donors (Lipinski definition) is 2. The maximum absolute atomic E-state index is 9.53. The molecule has 6 heteroatoms. The van der Waals surface area contributed by atoms with Crippen molar-refractivity contribution in [3.8, 4) is 6.07 Å². The van der Waals surface area contributed by atoms with Crippen LogP contribution < -0.4 is 4.90 Å². The maximum Gasteiger partial charge on any atom is 0.135 e. The van der Waals surface area contributed by atoms with Gasteiger partial charge < -0.3 is 15.1 Å². The van der Waals surface area contributed by atoms with Crippen molar-refractivity contribution in [2.45, 2.75) is 0 Å². The summed E-state index contributed by atoms with van der Waals surface area (Å²) in [5, 5.41) is 28.5. The first kappa shape index (κ1) is 18.1. The van der Waals surface area contributed by atoms with E-state index in [1.54, 1.807) is 0 Å². The van der Waals surface area contributed by atoms with Gasteiger partial charge >= 0.3 is 0 Å². The molecule has 2 N–H and O–H groups in total. The molecule has 0 unspecified atom stereocenters. The van der Waals surface area contributed by atoms with E-state index in [1.807, 2.05) is 59.5 Å². The molecule has 5 nitrogen and oxygen atoms in total. The Labute approximate surface area is 156 Å². The predicted octanol–water partition coefficient (Wildman–Crippen LogP) is 3.15. The number of anilines is 1. The highest BCUT2D eigenvalue weighted by molar-refractivity contribution is 7.19. The maximum atomic E-state index is 9.53. The van der Waals surface area contributed by atoms with E-state index in [-0.39, 0.29) is 13.2 Å². The van der Waals surface area contributed by atoms with Gasteiger partial charge in [-0.05, 0) is 35.9 Å². The van der Waals surface area contributed by atoms with Crippen LogP contribution >= 0.6 is 11.3 Å². The molecule has 0 atom stereocenters. The molecule has 0 bridgehead atoms. The number of aromatic nitrogens is 1. The minimum absolute atomic E-state index is 0.0256. The zero-order valence-electron chi connectivity index (χ0n) is 14.2. The molecule has 0 saturated carbocycles. The summed E-state index contributed by atoms with van der Waals surface area (Å²) in [5.74, 6) is 0. The van der Waals surface area contributed by atoms with Gasteiger partial charge in [-0.1, -0.05) is 24.3 Å². The average Bonchev–Trinajstić information content (AvgIpc) is 3.10. The monoisotopic (exact) mass is 365 g/mol. The van der Waals surface area contributed by atoms with Gasteiger partial charge in [-0.3, -0.25) is 0 Å². The van der Waals surface area contributed by atoms with E-state index in [0.717, 1.165) is 21.5 Å². The Bertz CT molecular complexity index is 903. The van der Waals surface area contributed by atoms with Gasteiger partial charge in [0.2, 0.25) is 0 Å². The number of para-hydroxylation sites is 1. The molecule has 0 aliphatic heterocycles. The van der Waals surface area contributed by atoms with E-state index in [0.29, 0.717) is 23.7 Å². The molecule has 2 aromatic carbocycles. The van der Waals surface area contributed by atoms with Crippen molar-refractivity contribution in [3.63, 3.8) is 0 Å². The molecule has 132 valence electrons. The molecular weight excluding hydrogens is 346 g/mol. The summed E-state index contributed by atoms with van der Waals surface area (Å²) in [6.07, 6.45) is 1.82. The molecule has 1 heterocycles. The van der Waals surface area contributed by atoms with Crippen molar-refractivity contribution in [1.29, 1.82) is 5.26 Å². The smallest absolute Gasteiger partial charge is 0.135 e. The lowest BCUT2D eigenvalue weighted by Crippen LogP contribution is -2.29. The highest BCUT2D eigenvalue weighted by Gasteiger charge is 2.09. The molecule has 0 spiro atoms. The fraction of sp³-hybridized carbons (Fsp3) is 0.200. The molecular formula is C20H19N3O2S. The molecule has 0 aliphatic rings. The molecule has 1 aromatic heterocycles. The van der Waals surface area contributed by atoms with Gasteiger partial charge in [0.15, 0.2) is 0 Å². The standard InChI is InChI=1S/C20H19N3O2S/c21-14-16(20-22-18-3-1-2-4-19(18)26-20)13-15-5-7-17(8-6-15)23(9-11-24)10-12-25/h1-8,13,24-25H,9-12H2/b16-13+. The van der Waals surface area contributed by atoms with E-state index in [9.17, 15) is 5.26 Å². The third-order valence-electron chi connectivity index (χ3n) is 3.95. The topological polar surface area (TPSA) is 80.4 Å². The number of allylic oxidation sites excluding steroid dienone is 1. The van der Waals surface area contributed by atoms with Crippen LogP contribution in [0.4, 0.5) is 5.69 Å². The van der Waals surface area contributed by atoms with Gasteiger partial charge in [-0.25, -0.2) is 4.98 Å². The summed E-state index contributed by atoms with van der Waals surface area (Å²) >= 11 is 1.50. The van der Waals surface area contributed by atoms with E-state index in [2.05, 4.69) is 11.1 Å². The first-order chi connectivity index (χ1) is 12.7. The predicted molar refractivity (Wildman–Crippen MR) is 106 cm³/mol. The SMILES string of the molecule is N#C/C(=C\c1ccc(N(CCO)CCO)cc1)c1nc2ccccc2s1. The van der Waals surface area contributed by atoms with Gasteiger partial charge in [-0.15, -0.1) is 11.3 Å². The zero-order valence-corrected chi connectivity index (χ0v) is 15.0. The van der Waals surface area contributed by atoms with Crippen LogP contribution in [0.5, 0.6) is 0 Å². The Balaban J connectivity index is 1.86. The lowest BCUT2D eigenvalue weighted by molar-refractivity contribution is 0.281. The van der Waals surface area contributed by atoms with E-state index < -0.39 is 0 Å². The quantitative estimate of drug-likeness (QED) is 0.629. The lowest BCUT2D eigenvalue weighted by atomic mass is 10.1. The number of nitrogens with zero attached hydrogens (tertiary/aromatic N) is 3. The van der Waals surface area contributed by atoms with Crippen molar-refractivity contribution in [3.05, 3.63) is 59.1 Å². The Hall–Kier alpha value is -2.72. The van der Waals surface area contributed by atoms with Crippen LogP contribution in [0.15, 0.2) is 48.5 Å². The number of nitriles is 1. The second-order valence-corrected chi connectivity index (χ2v) is 6.71. The van der Waals surface area contributed by atoms with Crippen molar-refractivity contribution < 1.29 is 10.2 Å². The molecule has 0 saturated heterocycles. The molecule has 0 amide bonds. The molecule has 0 radical (unpaired) electrons. The van der Waals surface area contributed by atoms with Crippen LogP contribution in [-0.2, 0) is 0 Å². The largest absolute Gasteiger partial charge is 0.395 e. The summed E-state index contributed by atoms with van der Waals surface area (Å²) in [6.45, 7) is 0.978. The van der Waals surface area contributed by atoms with Crippen molar-refractivity contribution >= 4 is 38.9 Å². The first-order valence-electron chi connectivity index (χ1n) is 8.29. The summed E-state index contributed by atoms with van der Waals surface area (Å²) < 4.78 is 1.06. The first-order valence-corrected chi connectivity index (χ1v) is 9.11. The van der Waals surface area contributed by atoms with E-state index in [4.69, 9.17) is 10.2 Å². The van der Waals surface area contributed by atoms with E-state index in [1.165, 1.54) is 11.3 Å². The van der Waals surface area contributed by atoms with Crippen LogP contribution in [0.2, 0.25) is 0 Å². The highest BCUT2D eigenvalue weighted by atomic mass is 32.1. The van der Waals surface area contributed by atoms with Crippen LogP contribution in [0, 0.1) is 11.3 Å². The van der Waals surface area contributed by atoms with Crippen molar-refractivity contribution in [2.75, 3.05) is 31.2 Å². The van der Waals surface area contributed by atoms with Gasteiger partial charge in [0.05, 0.1) is 29.0 Å². The summed E-state index contributed by atoms with van der Waals surface area (Å²) in [4.78, 5) is 6.45. The number of fused-ring (bicyclic) bond motifs is 1. The molecule has 0 aliphatic carbocycles. The van der Waals surface area contributed by atoms with Gasteiger partial charge in [0.1, 0.15) is 11.1 Å². The normalized spacial score (nSPS) is 11.5. The molecule has 26 heavy (non-hydrogen) atoms. The number of aliphatic hydroxyl groups is 2. The second-order valence-electron chi connectivity index (χ2n) is 5.68. The van der Waals surface area contributed by atoms with Crippen molar-refractivity contribution in [1.82, 2.24) is 4.98 Å². The summed E-state index contributed by atoms with van der Waals surface area (Å²) in [7, 11) is 0. The minimum Gasteiger partial charge on any atom is -0.395 e. The fourth-order valence-electron chi connectivity index (χ4n) is 2.69. The van der Waals surface area contributed by atoms with Crippen LogP contribution in [0.1, 0.15) is 10.6 Å². The van der Waals surface area contributed by atoms with Crippen molar-refractivity contribution in [2.24, 2.45) is 0 Å². The summed E-state index contributed by atoms with van der Waals surface area (Å²) in [5.41, 5.74) is 3.25. The average molecular weight is 365 g/mol. The molecule has 0 fully saturated rings. The minimum atomic E-state index is 0.0256. The zero-order chi connectivity index (χ0) is 18.4. The van der Waals surface area contributed by atoms with Gasteiger partial charge in [0.25, 0.3) is 0 Å². The number of aliphatic hydroxyl groups excluding tert-OH is 2. The number of hydrogen-bond acceptors (Lipinski definition) is 6. The molecule has 3 aromatic rings. The van der Waals surface area contributed by atoms with E-state index >= 15 is 0 Å². The third-order valence-corrected chi connectivity index (χ3v) is 5.02. The second kappa shape index (κ2) is 8.59. The van der Waals surface area contributed by atoms with Crippen LogP contribution in [-0.4, -0.2) is 41.5 Å². The Kier molecular flexibility index (Phi) is 5.97. The van der Waals surface area contributed by atoms with Gasteiger partial charge in [-0.2, -0.15) is 5.26 Å². The van der Waals surface area contributed by atoms with Crippen LogP contribution in [0.25, 0.3) is 21.9 Å². The highest BCUT2D eigenvalue weighted by Crippen LogP contribution is 2.28. The third kappa shape index (κ3) is 4.09. The Morgan fingerprint density at radius 1 is 1.08 bits per heavy atom. The fourth-order valence-corrected chi connectivity index (χ4v) is 3.62. The number of thiazole rings is 1. The van der Waals surface area contributed by atoms with Crippen LogP contribution in [0.3, 0.4) is 0 Å². The van der Waals surface area contributed by atoms with Gasteiger partial charge in [0, 0.05) is 18.8 Å². The number of rotatable bonds is 7.